The van der Waals surface area contributed by atoms with E-state index >= 15 is 0 Å². The second kappa shape index (κ2) is 49.3. The molecule has 0 fully saturated rings. The zero-order valence-electron chi connectivity index (χ0n) is 44.1. The van der Waals surface area contributed by atoms with Crippen molar-refractivity contribution in [3.8, 4) is 0 Å². The molecule has 0 aliphatic heterocycles. The van der Waals surface area contributed by atoms with E-state index in [1.807, 2.05) is 0 Å². The smallest absolute Gasteiger partial charge is 0.306 e. The van der Waals surface area contributed by atoms with E-state index < -0.39 is 6.10 Å². The van der Waals surface area contributed by atoms with Crippen LogP contribution in [-0.4, -0.2) is 37.2 Å². The van der Waals surface area contributed by atoms with E-state index in [4.69, 9.17) is 14.2 Å². The van der Waals surface area contributed by atoms with Gasteiger partial charge < -0.3 is 14.2 Å². The van der Waals surface area contributed by atoms with Crippen LogP contribution in [-0.2, 0) is 28.6 Å². The van der Waals surface area contributed by atoms with Crippen molar-refractivity contribution in [2.45, 2.75) is 324 Å². The molecule has 6 heteroatoms. The average Bonchev–Trinajstić information content (AvgIpc) is 3.25. The SMILES string of the molecule is CC(C)CCCCCCCCCCCCCCCCCCCCC(=O)O[C@H](COC(=O)CCCCCCCCCCCCC(C)C)COC(=O)CCCCCCCCCCCC(C)C. The third-order valence-electron chi connectivity index (χ3n) is 13.1. The van der Waals surface area contributed by atoms with Gasteiger partial charge in [0.15, 0.2) is 6.10 Å². The fraction of sp³-hybridized carbons (Fsp3) is 0.948. The molecule has 0 rings (SSSR count). The highest BCUT2D eigenvalue weighted by atomic mass is 16.6. The van der Waals surface area contributed by atoms with Crippen molar-refractivity contribution in [2.75, 3.05) is 13.2 Å². The fourth-order valence-electron chi connectivity index (χ4n) is 8.82. The summed E-state index contributed by atoms with van der Waals surface area (Å²) in [6.45, 7) is 13.7. The van der Waals surface area contributed by atoms with Gasteiger partial charge in [0.2, 0.25) is 0 Å². The fourth-order valence-corrected chi connectivity index (χ4v) is 8.82. The van der Waals surface area contributed by atoms with E-state index in [0.29, 0.717) is 19.3 Å². The van der Waals surface area contributed by atoms with Gasteiger partial charge in [-0.15, -0.1) is 0 Å². The van der Waals surface area contributed by atoms with Crippen molar-refractivity contribution in [3.05, 3.63) is 0 Å². The monoisotopic (exact) mass is 905 g/mol. The van der Waals surface area contributed by atoms with Crippen LogP contribution in [0.1, 0.15) is 318 Å². The van der Waals surface area contributed by atoms with Crippen molar-refractivity contribution in [1.29, 1.82) is 0 Å². The minimum absolute atomic E-state index is 0.0642. The standard InChI is InChI=1S/C58H112O6/c1-52(2)44-38-32-26-20-15-13-11-9-7-8-10-12-14-16-24-31-37-43-49-58(61)64-55(51-63-57(60)48-42-36-30-25-19-22-28-34-40-46-54(5)6)50-62-56(59)47-41-35-29-23-18-17-21-27-33-39-45-53(3)4/h52-55H,7-51H2,1-6H3/t55-/m1/s1. The van der Waals surface area contributed by atoms with Gasteiger partial charge in [-0.1, -0.05) is 279 Å². The number of ether oxygens (including phenoxy) is 3. The third-order valence-corrected chi connectivity index (χ3v) is 13.1. The summed E-state index contributed by atoms with van der Waals surface area (Å²) in [6.07, 6.45) is 51.0. The Morgan fingerprint density at radius 3 is 0.672 bits per heavy atom. The molecule has 0 unspecified atom stereocenters. The zero-order valence-corrected chi connectivity index (χ0v) is 44.1. The maximum atomic E-state index is 12.8. The van der Waals surface area contributed by atoms with Gasteiger partial charge in [0, 0.05) is 19.3 Å². The van der Waals surface area contributed by atoms with Gasteiger partial charge in [-0.3, -0.25) is 14.4 Å². The van der Waals surface area contributed by atoms with Crippen molar-refractivity contribution in [3.63, 3.8) is 0 Å². The van der Waals surface area contributed by atoms with Crippen LogP contribution in [0.25, 0.3) is 0 Å². The van der Waals surface area contributed by atoms with Crippen LogP contribution in [0.2, 0.25) is 0 Å². The highest BCUT2D eigenvalue weighted by Gasteiger charge is 2.19. The number of carbonyl (C=O) groups excluding carboxylic acids is 3. The van der Waals surface area contributed by atoms with Crippen molar-refractivity contribution in [1.82, 2.24) is 0 Å². The summed E-state index contributed by atoms with van der Waals surface area (Å²) in [7, 11) is 0. The Bertz CT molecular complexity index is 991. The van der Waals surface area contributed by atoms with Crippen LogP contribution < -0.4 is 0 Å². The lowest BCUT2D eigenvalue weighted by molar-refractivity contribution is -0.167. The van der Waals surface area contributed by atoms with E-state index in [9.17, 15) is 14.4 Å². The third kappa shape index (κ3) is 51.4. The van der Waals surface area contributed by atoms with Crippen LogP contribution in [0, 0.1) is 17.8 Å². The minimum Gasteiger partial charge on any atom is -0.462 e. The topological polar surface area (TPSA) is 78.9 Å². The molecular formula is C58H112O6. The average molecular weight is 906 g/mol. The van der Waals surface area contributed by atoms with Crippen LogP contribution in [0.3, 0.4) is 0 Å². The Balaban J connectivity index is 4.25. The normalized spacial score (nSPS) is 12.1. The molecular weight excluding hydrogens is 793 g/mol. The van der Waals surface area contributed by atoms with E-state index in [0.717, 1.165) is 75.5 Å². The number of carbonyl (C=O) groups is 3. The van der Waals surface area contributed by atoms with Crippen LogP contribution in [0.5, 0.6) is 0 Å². The molecule has 0 saturated heterocycles. The van der Waals surface area contributed by atoms with Gasteiger partial charge in [-0.2, -0.15) is 0 Å². The second-order valence-corrected chi connectivity index (χ2v) is 21.4. The van der Waals surface area contributed by atoms with Gasteiger partial charge in [0.05, 0.1) is 0 Å². The summed E-state index contributed by atoms with van der Waals surface area (Å²) >= 11 is 0. The molecule has 380 valence electrons. The van der Waals surface area contributed by atoms with Crippen LogP contribution in [0.4, 0.5) is 0 Å². The second-order valence-electron chi connectivity index (χ2n) is 21.4. The van der Waals surface area contributed by atoms with Crippen LogP contribution >= 0.6 is 0 Å². The molecule has 0 aromatic rings. The Morgan fingerprint density at radius 2 is 0.453 bits per heavy atom. The van der Waals surface area contributed by atoms with Gasteiger partial charge in [-0.05, 0) is 37.0 Å². The maximum Gasteiger partial charge on any atom is 0.306 e. The molecule has 0 aliphatic rings. The first kappa shape index (κ1) is 62.4. The molecule has 0 N–H and O–H groups in total. The van der Waals surface area contributed by atoms with Gasteiger partial charge in [0.1, 0.15) is 13.2 Å². The first-order valence-electron chi connectivity index (χ1n) is 28.6. The zero-order chi connectivity index (χ0) is 47.0. The largest absolute Gasteiger partial charge is 0.462 e. The van der Waals surface area contributed by atoms with E-state index in [1.165, 1.54) is 199 Å². The Hall–Kier alpha value is -1.59. The van der Waals surface area contributed by atoms with Crippen LogP contribution in [0.15, 0.2) is 0 Å². The lowest BCUT2D eigenvalue weighted by Crippen LogP contribution is -2.30. The summed E-state index contributed by atoms with van der Waals surface area (Å²) in [4.78, 5) is 38.1. The molecule has 0 bridgehead atoms. The molecule has 0 aliphatic carbocycles. The molecule has 0 heterocycles. The van der Waals surface area contributed by atoms with Crippen molar-refractivity contribution < 1.29 is 28.6 Å². The molecule has 0 aromatic carbocycles. The number of esters is 3. The predicted octanol–water partition coefficient (Wildman–Crippen LogP) is 18.7. The van der Waals surface area contributed by atoms with E-state index in [2.05, 4.69) is 41.5 Å². The first-order valence-corrected chi connectivity index (χ1v) is 28.6. The lowest BCUT2D eigenvalue weighted by Gasteiger charge is -2.18. The first-order chi connectivity index (χ1) is 31.1. The minimum atomic E-state index is -0.763. The molecule has 1 atom stereocenters. The number of rotatable bonds is 51. The summed E-state index contributed by atoms with van der Waals surface area (Å²) in [5.74, 6) is 1.64. The van der Waals surface area contributed by atoms with E-state index in [-0.39, 0.29) is 31.1 Å². The highest BCUT2D eigenvalue weighted by Crippen LogP contribution is 2.18. The van der Waals surface area contributed by atoms with Gasteiger partial charge in [-0.25, -0.2) is 0 Å². The molecule has 6 nitrogen and oxygen atoms in total. The Kier molecular flexibility index (Phi) is 48.1. The highest BCUT2D eigenvalue weighted by molar-refractivity contribution is 5.71. The predicted molar refractivity (Wildman–Crippen MR) is 275 cm³/mol. The lowest BCUT2D eigenvalue weighted by atomic mass is 10.0. The Morgan fingerprint density at radius 1 is 0.266 bits per heavy atom. The quantitative estimate of drug-likeness (QED) is 0.0344. The number of hydrogen-bond acceptors (Lipinski definition) is 6. The summed E-state index contributed by atoms with van der Waals surface area (Å²) in [6, 6.07) is 0. The molecule has 0 aromatic heterocycles. The van der Waals surface area contributed by atoms with Gasteiger partial charge >= 0.3 is 17.9 Å². The van der Waals surface area contributed by atoms with Crippen molar-refractivity contribution in [2.24, 2.45) is 17.8 Å². The number of hydrogen-bond donors (Lipinski definition) is 0. The summed E-state index contributed by atoms with van der Waals surface area (Å²) < 4.78 is 16.9. The summed E-state index contributed by atoms with van der Waals surface area (Å²) in [5.41, 5.74) is 0. The number of unbranched alkanes of at least 4 members (excludes halogenated alkanes) is 34. The van der Waals surface area contributed by atoms with Gasteiger partial charge in [0.25, 0.3) is 0 Å². The maximum absolute atomic E-state index is 12.8. The summed E-state index contributed by atoms with van der Waals surface area (Å²) in [5, 5.41) is 0. The molecule has 0 saturated carbocycles. The van der Waals surface area contributed by atoms with E-state index in [1.54, 1.807) is 0 Å². The molecule has 0 spiro atoms. The molecule has 64 heavy (non-hydrogen) atoms. The molecule has 0 amide bonds. The van der Waals surface area contributed by atoms with Crippen molar-refractivity contribution >= 4 is 17.9 Å². The molecule has 0 radical (unpaired) electrons. The Labute approximate surface area is 399 Å².